The molecule has 0 aliphatic rings. The zero-order valence-electron chi connectivity index (χ0n) is 5.91. The van der Waals surface area contributed by atoms with E-state index >= 15 is 0 Å². The third kappa shape index (κ3) is 5.65. The molecule has 0 spiro atoms. The van der Waals surface area contributed by atoms with Crippen LogP contribution >= 0.6 is 0 Å². The number of hydrogen-bond acceptors (Lipinski definition) is 0. The Bertz CT molecular complexity index is 62.4. The number of allylic oxidation sites excluding steroid dienone is 1. The molecule has 0 atom stereocenters. The van der Waals surface area contributed by atoms with Crippen LogP contribution in [0.5, 0.6) is 0 Å². The van der Waals surface area contributed by atoms with E-state index in [1.807, 2.05) is 6.92 Å². The van der Waals surface area contributed by atoms with Gasteiger partial charge >= 0.3 is 0 Å². The van der Waals surface area contributed by atoms with Crippen LogP contribution in [0.3, 0.4) is 0 Å². The van der Waals surface area contributed by atoms with E-state index in [0.717, 1.165) is 12.0 Å². The van der Waals surface area contributed by atoms with Crippen molar-refractivity contribution in [3.8, 4) is 0 Å². The summed E-state index contributed by atoms with van der Waals surface area (Å²) < 4.78 is 0. The molecule has 0 aromatic heterocycles. The van der Waals surface area contributed by atoms with Crippen molar-refractivity contribution in [1.29, 1.82) is 0 Å². The second-order valence-corrected chi connectivity index (χ2v) is 2.30. The van der Waals surface area contributed by atoms with Crippen molar-refractivity contribution < 1.29 is 0 Å². The summed E-state index contributed by atoms with van der Waals surface area (Å²) >= 11 is 0. The molecule has 0 amide bonds. The molecule has 0 bridgehead atoms. The van der Waals surface area contributed by atoms with Gasteiger partial charge in [-0.3, -0.25) is 0 Å². The van der Waals surface area contributed by atoms with Gasteiger partial charge in [0.15, 0.2) is 5.57 Å². The lowest BCUT2D eigenvalue weighted by Crippen LogP contribution is -1.74. The fourth-order valence-electron chi connectivity index (χ4n) is 0.654. The monoisotopic (exact) mass is 111 g/mol. The highest BCUT2D eigenvalue weighted by Crippen LogP contribution is 2.04. The second-order valence-electron chi connectivity index (χ2n) is 2.30. The van der Waals surface area contributed by atoms with Gasteiger partial charge in [-0.15, -0.1) is 0 Å². The molecular weight excluding hydrogens is 96.1 g/mol. The predicted molar refractivity (Wildman–Crippen MR) is 37.6 cm³/mol. The van der Waals surface area contributed by atoms with Gasteiger partial charge < -0.3 is 0 Å². The molecule has 0 unspecified atom stereocenters. The highest BCUT2D eigenvalue weighted by atomic mass is 13.9. The van der Waals surface area contributed by atoms with Gasteiger partial charge in [-0.2, -0.15) is 0 Å². The lowest BCUT2D eigenvalue weighted by atomic mass is 10.1. The zero-order chi connectivity index (χ0) is 6.41. The summed E-state index contributed by atoms with van der Waals surface area (Å²) in [6.07, 6.45) is 4.97. The van der Waals surface area contributed by atoms with E-state index in [2.05, 4.69) is 6.92 Å². The highest BCUT2D eigenvalue weighted by molar-refractivity contribution is 4.83. The standard InChI is InChI=1S/C8H15/c1-4-5-6-7-8(2)3/h2H,4-7H2,1,3H3/q+1. The van der Waals surface area contributed by atoms with E-state index in [1.165, 1.54) is 19.3 Å². The quantitative estimate of drug-likeness (QED) is 0.386. The number of rotatable bonds is 4. The molecular formula is C8H15+. The van der Waals surface area contributed by atoms with Crippen molar-refractivity contribution in [2.45, 2.75) is 39.5 Å². The molecule has 0 nitrogen and oxygen atoms in total. The molecule has 0 rings (SSSR count). The maximum absolute atomic E-state index is 5.45. The first-order chi connectivity index (χ1) is 3.77. The van der Waals surface area contributed by atoms with E-state index in [9.17, 15) is 0 Å². The van der Waals surface area contributed by atoms with Crippen LogP contribution in [-0.4, -0.2) is 0 Å². The summed E-state index contributed by atoms with van der Waals surface area (Å²) in [5.41, 5.74) is 1.07. The molecule has 0 aliphatic heterocycles. The third-order valence-corrected chi connectivity index (χ3v) is 1.17. The summed E-state index contributed by atoms with van der Waals surface area (Å²) in [4.78, 5) is 0. The topological polar surface area (TPSA) is 0 Å². The lowest BCUT2D eigenvalue weighted by Gasteiger charge is -1.89. The molecule has 46 valence electrons. The fourth-order valence-corrected chi connectivity index (χ4v) is 0.654. The zero-order valence-corrected chi connectivity index (χ0v) is 5.91. The Balaban J connectivity index is 2.82. The van der Waals surface area contributed by atoms with Gasteiger partial charge in [0.05, 0.1) is 0 Å². The molecule has 0 saturated heterocycles. The first kappa shape index (κ1) is 7.65. The maximum atomic E-state index is 5.45. The maximum Gasteiger partial charge on any atom is 0.204 e. The first-order valence-corrected chi connectivity index (χ1v) is 3.35. The first-order valence-electron chi connectivity index (χ1n) is 3.35. The Morgan fingerprint density at radius 1 is 1.38 bits per heavy atom. The van der Waals surface area contributed by atoms with Crippen molar-refractivity contribution in [2.24, 2.45) is 0 Å². The van der Waals surface area contributed by atoms with Crippen LogP contribution in [0.4, 0.5) is 0 Å². The van der Waals surface area contributed by atoms with Crippen molar-refractivity contribution in [3.63, 3.8) is 0 Å². The van der Waals surface area contributed by atoms with Crippen LogP contribution in [0.1, 0.15) is 39.5 Å². The van der Waals surface area contributed by atoms with Gasteiger partial charge in [0.2, 0.25) is 6.58 Å². The summed E-state index contributed by atoms with van der Waals surface area (Å²) in [5.74, 6) is 0. The summed E-state index contributed by atoms with van der Waals surface area (Å²) in [7, 11) is 0. The van der Waals surface area contributed by atoms with Gasteiger partial charge in [0.1, 0.15) is 0 Å². The predicted octanol–water partition coefficient (Wildman–Crippen LogP) is 2.95. The minimum absolute atomic E-state index is 1.07. The molecule has 0 heterocycles. The molecule has 0 aliphatic carbocycles. The SMILES string of the molecule is [CH+]=C(C)CCCCC. The van der Waals surface area contributed by atoms with Crippen LogP contribution < -0.4 is 0 Å². The van der Waals surface area contributed by atoms with Crippen molar-refractivity contribution in [2.75, 3.05) is 0 Å². The van der Waals surface area contributed by atoms with Crippen molar-refractivity contribution in [3.05, 3.63) is 12.2 Å². The fraction of sp³-hybridized carbons (Fsp3) is 0.750. The number of unbranched alkanes of at least 4 members (excludes halogenated alkanes) is 2. The summed E-state index contributed by atoms with van der Waals surface area (Å²) in [5, 5.41) is 0. The molecule has 0 fully saturated rings. The Kier molecular flexibility index (Phi) is 4.59. The van der Waals surface area contributed by atoms with E-state index < -0.39 is 0 Å². The molecule has 0 aromatic carbocycles. The molecule has 8 heavy (non-hydrogen) atoms. The Morgan fingerprint density at radius 2 is 2.00 bits per heavy atom. The van der Waals surface area contributed by atoms with Gasteiger partial charge in [-0.05, 0) is 6.42 Å². The van der Waals surface area contributed by atoms with Crippen LogP contribution in [0.2, 0.25) is 0 Å². The molecule has 0 saturated carbocycles. The molecule has 0 radical (unpaired) electrons. The Labute approximate surface area is 52.6 Å². The second kappa shape index (κ2) is 4.80. The normalized spacial score (nSPS) is 9.12. The van der Waals surface area contributed by atoms with E-state index in [1.54, 1.807) is 0 Å². The third-order valence-electron chi connectivity index (χ3n) is 1.17. The van der Waals surface area contributed by atoms with E-state index in [-0.39, 0.29) is 0 Å². The van der Waals surface area contributed by atoms with Crippen LogP contribution in [0.25, 0.3) is 0 Å². The van der Waals surface area contributed by atoms with E-state index in [4.69, 9.17) is 6.58 Å². The largest absolute Gasteiger partial charge is 0.204 e. The molecule has 0 N–H and O–H groups in total. The van der Waals surface area contributed by atoms with Gasteiger partial charge in [-0.1, -0.05) is 19.8 Å². The van der Waals surface area contributed by atoms with Gasteiger partial charge in [0, 0.05) is 13.3 Å². The lowest BCUT2D eigenvalue weighted by molar-refractivity contribution is 0.713. The minimum Gasteiger partial charge on any atom is -0.0654 e. The Morgan fingerprint density at radius 3 is 2.38 bits per heavy atom. The van der Waals surface area contributed by atoms with E-state index in [0.29, 0.717) is 0 Å². The van der Waals surface area contributed by atoms with Crippen molar-refractivity contribution >= 4 is 0 Å². The number of hydrogen-bond donors (Lipinski definition) is 0. The van der Waals surface area contributed by atoms with Crippen LogP contribution in [0, 0.1) is 6.58 Å². The van der Waals surface area contributed by atoms with Crippen LogP contribution in [-0.2, 0) is 0 Å². The van der Waals surface area contributed by atoms with Gasteiger partial charge in [0.25, 0.3) is 0 Å². The Hall–Kier alpha value is -0.350. The smallest absolute Gasteiger partial charge is 0.0654 e. The minimum atomic E-state index is 1.07. The average Bonchev–Trinajstić information content (AvgIpc) is 1.66. The highest BCUT2D eigenvalue weighted by Gasteiger charge is 1.92. The van der Waals surface area contributed by atoms with Crippen LogP contribution in [0.15, 0.2) is 5.57 Å². The van der Waals surface area contributed by atoms with Gasteiger partial charge in [-0.25, -0.2) is 0 Å². The molecule has 0 aromatic rings. The van der Waals surface area contributed by atoms with Crippen molar-refractivity contribution in [1.82, 2.24) is 0 Å². The molecule has 0 heteroatoms. The average molecular weight is 111 g/mol. The summed E-state index contributed by atoms with van der Waals surface area (Å²) in [6, 6.07) is 0. The summed E-state index contributed by atoms with van der Waals surface area (Å²) in [6.45, 7) is 9.63.